The molecule has 0 fully saturated rings. The number of carbonyl (C=O) groups excluding carboxylic acids is 1. The van der Waals surface area contributed by atoms with Gasteiger partial charge in [0.1, 0.15) is 0 Å². The molecule has 2 aromatic heterocycles. The van der Waals surface area contributed by atoms with Gasteiger partial charge in [-0.25, -0.2) is 4.68 Å². The van der Waals surface area contributed by atoms with Crippen molar-refractivity contribution in [1.29, 1.82) is 0 Å². The number of aromatic nitrogens is 4. The maximum atomic E-state index is 12.8. The zero-order valence-corrected chi connectivity index (χ0v) is 16.2. The van der Waals surface area contributed by atoms with Crippen molar-refractivity contribution in [3.8, 4) is 0 Å². The first kappa shape index (κ1) is 18.4. The van der Waals surface area contributed by atoms with Crippen molar-refractivity contribution >= 4 is 16.7 Å². The van der Waals surface area contributed by atoms with Gasteiger partial charge in [0, 0.05) is 22.7 Å². The lowest BCUT2D eigenvalue weighted by Crippen LogP contribution is -2.41. The standard InChI is InChI=1S/C21H25N5O2/c1-3-15(12-26-21(28)16-7-5-4-6-14(16)11-22-26)23-20(27)19-17-10-13(2)8-9-18(17)24-25-19/h4-7,11,13,15H,3,8-10,12H2,1-2H3,(H,23,27)(H,24,25)/t13-,15-/m0/s1. The van der Waals surface area contributed by atoms with Gasteiger partial charge >= 0.3 is 0 Å². The lowest BCUT2D eigenvalue weighted by atomic mass is 9.87. The molecule has 0 bridgehead atoms. The molecule has 0 spiro atoms. The van der Waals surface area contributed by atoms with Crippen LogP contribution in [0.2, 0.25) is 0 Å². The monoisotopic (exact) mass is 379 g/mol. The molecule has 1 aliphatic rings. The summed E-state index contributed by atoms with van der Waals surface area (Å²) in [6, 6.07) is 7.19. The van der Waals surface area contributed by atoms with Gasteiger partial charge in [-0.3, -0.25) is 14.7 Å². The normalized spacial score (nSPS) is 17.3. The van der Waals surface area contributed by atoms with Crippen molar-refractivity contribution in [1.82, 2.24) is 25.3 Å². The SMILES string of the molecule is CC[C@@H](Cn1ncc2ccccc2c1=O)NC(=O)c1n[nH]c2c1C[C@@H](C)CC2. The minimum atomic E-state index is -0.202. The number of aromatic amines is 1. The van der Waals surface area contributed by atoms with Gasteiger partial charge in [-0.1, -0.05) is 32.0 Å². The predicted molar refractivity (Wildman–Crippen MR) is 107 cm³/mol. The number of nitrogens with one attached hydrogen (secondary N) is 2. The van der Waals surface area contributed by atoms with Crippen LogP contribution in [-0.2, 0) is 19.4 Å². The summed E-state index contributed by atoms with van der Waals surface area (Å²) in [6.07, 6.45) is 5.30. The molecule has 1 aromatic carbocycles. The Balaban J connectivity index is 1.53. The Labute approximate surface area is 163 Å². The fourth-order valence-corrected chi connectivity index (χ4v) is 3.85. The highest BCUT2D eigenvalue weighted by molar-refractivity contribution is 5.94. The van der Waals surface area contributed by atoms with Gasteiger partial charge in [0.25, 0.3) is 11.5 Å². The first-order chi connectivity index (χ1) is 13.6. The van der Waals surface area contributed by atoms with Gasteiger partial charge in [-0.05, 0) is 37.7 Å². The highest BCUT2D eigenvalue weighted by Crippen LogP contribution is 2.26. The molecule has 0 saturated carbocycles. The van der Waals surface area contributed by atoms with E-state index in [0.29, 0.717) is 30.0 Å². The predicted octanol–water partition coefficient (Wildman–Crippen LogP) is 2.45. The number of hydrogen-bond acceptors (Lipinski definition) is 4. The van der Waals surface area contributed by atoms with Gasteiger partial charge in [-0.15, -0.1) is 0 Å². The van der Waals surface area contributed by atoms with E-state index >= 15 is 0 Å². The lowest BCUT2D eigenvalue weighted by molar-refractivity contribution is 0.0924. The summed E-state index contributed by atoms with van der Waals surface area (Å²) in [5.41, 5.74) is 2.45. The van der Waals surface area contributed by atoms with E-state index in [0.717, 1.165) is 35.9 Å². The van der Waals surface area contributed by atoms with Gasteiger partial charge in [0.15, 0.2) is 5.69 Å². The van der Waals surface area contributed by atoms with Crippen molar-refractivity contribution < 1.29 is 4.79 Å². The molecule has 0 saturated heterocycles. The summed E-state index contributed by atoms with van der Waals surface area (Å²) in [6.45, 7) is 4.51. The van der Waals surface area contributed by atoms with Crippen molar-refractivity contribution in [3.63, 3.8) is 0 Å². The molecule has 7 heteroatoms. The van der Waals surface area contributed by atoms with Crippen LogP contribution in [0.1, 0.15) is 48.4 Å². The number of amides is 1. The summed E-state index contributed by atoms with van der Waals surface area (Å²) in [7, 11) is 0. The summed E-state index contributed by atoms with van der Waals surface area (Å²) in [5, 5.41) is 16.0. The quantitative estimate of drug-likeness (QED) is 0.712. The Kier molecular flexibility index (Phi) is 4.98. The minimum Gasteiger partial charge on any atom is -0.346 e. The maximum Gasteiger partial charge on any atom is 0.274 e. The number of hydrogen-bond donors (Lipinski definition) is 2. The zero-order chi connectivity index (χ0) is 19.7. The Bertz CT molecular complexity index is 1070. The molecule has 0 unspecified atom stereocenters. The number of fused-ring (bicyclic) bond motifs is 2. The van der Waals surface area contributed by atoms with E-state index < -0.39 is 0 Å². The van der Waals surface area contributed by atoms with E-state index in [1.807, 2.05) is 25.1 Å². The van der Waals surface area contributed by atoms with E-state index in [2.05, 4.69) is 27.5 Å². The molecule has 2 N–H and O–H groups in total. The van der Waals surface area contributed by atoms with E-state index in [-0.39, 0.29) is 17.5 Å². The minimum absolute atomic E-state index is 0.142. The highest BCUT2D eigenvalue weighted by atomic mass is 16.2. The van der Waals surface area contributed by atoms with E-state index in [1.54, 1.807) is 12.3 Å². The van der Waals surface area contributed by atoms with Gasteiger partial charge in [0.2, 0.25) is 0 Å². The molecule has 4 rings (SSSR count). The molecule has 7 nitrogen and oxygen atoms in total. The molecule has 146 valence electrons. The smallest absolute Gasteiger partial charge is 0.274 e. The van der Waals surface area contributed by atoms with E-state index in [1.165, 1.54) is 4.68 Å². The largest absolute Gasteiger partial charge is 0.346 e. The third-order valence-electron chi connectivity index (χ3n) is 5.59. The molecule has 28 heavy (non-hydrogen) atoms. The molecule has 0 radical (unpaired) electrons. The van der Waals surface area contributed by atoms with Crippen LogP contribution in [0, 0.1) is 5.92 Å². The summed E-state index contributed by atoms with van der Waals surface area (Å²) in [4.78, 5) is 25.5. The second kappa shape index (κ2) is 7.58. The molecule has 2 atom stereocenters. The number of benzene rings is 1. The first-order valence-electron chi connectivity index (χ1n) is 9.88. The number of rotatable bonds is 5. The number of H-pyrrole nitrogens is 1. The van der Waals surface area contributed by atoms with Crippen LogP contribution in [0.5, 0.6) is 0 Å². The second-order valence-corrected chi connectivity index (χ2v) is 7.68. The Hall–Kier alpha value is -2.96. The average molecular weight is 379 g/mol. The van der Waals surface area contributed by atoms with Crippen LogP contribution in [0.15, 0.2) is 35.3 Å². The van der Waals surface area contributed by atoms with Crippen molar-refractivity contribution in [2.24, 2.45) is 5.92 Å². The number of nitrogens with zero attached hydrogens (tertiary/aromatic N) is 3. The maximum absolute atomic E-state index is 12.8. The Morgan fingerprint density at radius 2 is 2.21 bits per heavy atom. The third kappa shape index (κ3) is 3.44. The van der Waals surface area contributed by atoms with Gasteiger partial charge in [0.05, 0.1) is 18.1 Å². The first-order valence-corrected chi connectivity index (χ1v) is 9.88. The molecule has 1 aliphatic carbocycles. The highest BCUT2D eigenvalue weighted by Gasteiger charge is 2.26. The van der Waals surface area contributed by atoms with Crippen LogP contribution in [0.3, 0.4) is 0 Å². The number of carbonyl (C=O) groups is 1. The van der Waals surface area contributed by atoms with Gasteiger partial charge in [-0.2, -0.15) is 10.2 Å². The lowest BCUT2D eigenvalue weighted by Gasteiger charge is -2.20. The molecule has 2 heterocycles. The van der Waals surface area contributed by atoms with Crippen LogP contribution in [0.4, 0.5) is 0 Å². The molecule has 3 aromatic rings. The van der Waals surface area contributed by atoms with E-state index in [9.17, 15) is 9.59 Å². The van der Waals surface area contributed by atoms with Crippen LogP contribution in [0.25, 0.3) is 10.8 Å². The summed E-state index contributed by atoms with van der Waals surface area (Å²) >= 11 is 0. The fraction of sp³-hybridized carbons (Fsp3) is 0.429. The van der Waals surface area contributed by atoms with Crippen molar-refractivity contribution in [2.45, 2.75) is 52.1 Å². The van der Waals surface area contributed by atoms with Crippen LogP contribution < -0.4 is 10.9 Å². The third-order valence-corrected chi connectivity index (χ3v) is 5.59. The molecule has 1 amide bonds. The average Bonchev–Trinajstić information content (AvgIpc) is 3.12. The Morgan fingerprint density at radius 1 is 1.39 bits per heavy atom. The summed E-state index contributed by atoms with van der Waals surface area (Å²) in [5.74, 6) is 0.367. The van der Waals surface area contributed by atoms with Crippen molar-refractivity contribution in [2.75, 3.05) is 0 Å². The molecular weight excluding hydrogens is 354 g/mol. The Morgan fingerprint density at radius 3 is 3.04 bits per heavy atom. The van der Waals surface area contributed by atoms with Crippen LogP contribution >= 0.6 is 0 Å². The van der Waals surface area contributed by atoms with Crippen LogP contribution in [-0.4, -0.2) is 31.9 Å². The molecular formula is C21H25N5O2. The van der Waals surface area contributed by atoms with Gasteiger partial charge < -0.3 is 5.32 Å². The second-order valence-electron chi connectivity index (χ2n) is 7.68. The van der Waals surface area contributed by atoms with E-state index in [4.69, 9.17) is 0 Å². The zero-order valence-electron chi connectivity index (χ0n) is 16.2. The molecule has 0 aliphatic heterocycles. The number of aryl methyl sites for hydroxylation is 1. The summed E-state index contributed by atoms with van der Waals surface area (Å²) < 4.78 is 1.43. The fourth-order valence-electron chi connectivity index (χ4n) is 3.85. The topological polar surface area (TPSA) is 92.7 Å². The van der Waals surface area contributed by atoms with Crippen molar-refractivity contribution in [3.05, 3.63) is 57.8 Å².